The highest BCUT2D eigenvalue weighted by Gasteiger charge is 1.98. The van der Waals surface area contributed by atoms with Gasteiger partial charge in [0.25, 0.3) is 0 Å². The van der Waals surface area contributed by atoms with Crippen LogP contribution >= 0.6 is 0 Å². The highest BCUT2D eigenvalue weighted by molar-refractivity contribution is 5.95. The average molecular weight is 877 g/mol. The van der Waals surface area contributed by atoms with Crippen LogP contribution in [0, 0.1) is 0 Å². The van der Waals surface area contributed by atoms with Crippen molar-refractivity contribution in [1.82, 2.24) is 0 Å². The molecule has 0 aliphatic carbocycles. The molecular weight excluding hydrogens is 816 g/mol. The van der Waals surface area contributed by atoms with E-state index in [0.717, 1.165) is 19.0 Å². The number of aliphatic carboxylic acids is 6. The minimum absolute atomic E-state index is 0. The SMILES string of the molecule is C.C.CCC(=O)O.CCC(=O)O.O=C(O)CN=CCCCC=NCC(=O)O.O=C(O)CN=Cc1ccccc1C=NCC(=O)O.O=CCCCC=O.O=Cc1ccccc1C=O. The zero-order valence-corrected chi connectivity index (χ0v) is 33.3. The first-order valence-electron chi connectivity index (χ1n) is 17.8. The van der Waals surface area contributed by atoms with Gasteiger partial charge < -0.3 is 40.2 Å². The molecular formula is C42H60N4O16. The summed E-state index contributed by atoms with van der Waals surface area (Å²) in [6.45, 7) is 2.19. The van der Waals surface area contributed by atoms with Crippen molar-refractivity contribution in [3.05, 3.63) is 70.8 Å². The van der Waals surface area contributed by atoms with Gasteiger partial charge in [0.1, 0.15) is 38.8 Å². The summed E-state index contributed by atoms with van der Waals surface area (Å²) in [6.07, 6.45) is 13.3. The Morgan fingerprint density at radius 1 is 0.435 bits per heavy atom. The van der Waals surface area contributed by atoms with Crippen molar-refractivity contribution in [3.63, 3.8) is 0 Å². The molecule has 0 fully saturated rings. The van der Waals surface area contributed by atoms with Gasteiger partial charge in [-0.1, -0.05) is 77.2 Å². The van der Waals surface area contributed by atoms with Gasteiger partial charge in [0.2, 0.25) is 0 Å². The first kappa shape index (κ1) is 66.4. The molecule has 0 aliphatic heterocycles. The number of unbranched alkanes of at least 4 members (excludes halogenated alkanes) is 4. The van der Waals surface area contributed by atoms with Crippen LogP contribution in [0.2, 0.25) is 0 Å². The number of nitrogens with zero attached hydrogens (tertiary/aromatic N) is 4. The number of carbonyl (C=O) groups is 10. The summed E-state index contributed by atoms with van der Waals surface area (Å²) in [6, 6.07) is 13.7. The highest BCUT2D eigenvalue weighted by Crippen LogP contribution is 2.04. The fourth-order valence-corrected chi connectivity index (χ4v) is 2.97. The Morgan fingerprint density at radius 3 is 0.935 bits per heavy atom. The van der Waals surface area contributed by atoms with Crippen LogP contribution in [-0.2, 0) is 38.4 Å². The van der Waals surface area contributed by atoms with E-state index < -0.39 is 35.8 Å². The van der Waals surface area contributed by atoms with Gasteiger partial charge in [-0.05, 0) is 38.1 Å². The van der Waals surface area contributed by atoms with E-state index in [1.165, 1.54) is 12.4 Å². The summed E-state index contributed by atoms with van der Waals surface area (Å²) >= 11 is 0. The first-order chi connectivity index (χ1) is 28.6. The predicted molar refractivity (Wildman–Crippen MR) is 235 cm³/mol. The van der Waals surface area contributed by atoms with Crippen LogP contribution < -0.4 is 0 Å². The fraction of sp³-hybridized carbons (Fsp3) is 0.381. The number of hydrogen-bond donors (Lipinski definition) is 6. The van der Waals surface area contributed by atoms with Gasteiger partial charge in [-0.3, -0.25) is 58.3 Å². The summed E-state index contributed by atoms with van der Waals surface area (Å²) in [5.74, 6) is -5.41. The molecule has 0 atom stereocenters. The Bertz CT molecular complexity index is 1590. The van der Waals surface area contributed by atoms with Crippen LogP contribution in [0.3, 0.4) is 0 Å². The molecule has 0 heterocycles. The maximum atomic E-state index is 10.3. The summed E-state index contributed by atoms with van der Waals surface area (Å²) in [5.41, 5.74) is 2.26. The second kappa shape index (κ2) is 49.8. The van der Waals surface area contributed by atoms with Crippen LogP contribution in [0.25, 0.3) is 0 Å². The van der Waals surface area contributed by atoms with Crippen LogP contribution in [-0.4, -0.2) is 143 Å². The van der Waals surface area contributed by atoms with E-state index in [0.29, 0.717) is 66.9 Å². The van der Waals surface area contributed by atoms with E-state index >= 15 is 0 Å². The number of carbonyl (C=O) groups excluding carboxylic acids is 4. The van der Waals surface area contributed by atoms with Gasteiger partial charge >= 0.3 is 35.8 Å². The van der Waals surface area contributed by atoms with Gasteiger partial charge in [0.05, 0.1) is 0 Å². The Hall–Kier alpha value is -7.38. The molecule has 6 N–H and O–H groups in total. The molecule has 0 unspecified atom stereocenters. The molecule has 2 aromatic rings. The molecule has 0 saturated heterocycles. The van der Waals surface area contributed by atoms with Crippen molar-refractivity contribution in [1.29, 1.82) is 0 Å². The largest absolute Gasteiger partial charge is 0.481 e. The summed E-state index contributed by atoms with van der Waals surface area (Å²) in [4.78, 5) is 114. The van der Waals surface area contributed by atoms with Crippen molar-refractivity contribution >= 4 is 85.8 Å². The monoisotopic (exact) mass is 876 g/mol. The van der Waals surface area contributed by atoms with Gasteiger partial charge in [-0.15, -0.1) is 0 Å². The van der Waals surface area contributed by atoms with E-state index in [1.54, 1.807) is 74.8 Å². The number of rotatable bonds is 22. The average Bonchev–Trinajstić information content (AvgIpc) is 3.21. The number of carboxylic acids is 6. The van der Waals surface area contributed by atoms with Crippen molar-refractivity contribution in [2.75, 3.05) is 26.2 Å². The third-order valence-corrected chi connectivity index (χ3v) is 5.79. The topological polar surface area (TPSA) is 342 Å². The lowest BCUT2D eigenvalue weighted by molar-refractivity contribution is -0.137. The van der Waals surface area contributed by atoms with Crippen LogP contribution in [0.1, 0.15) is 112 Å². The fourth-order valence-electron chi connectivity index (χ4n) is 2.97. The number of carboxylic acid groups (broad SMARTS) is 6. The first-order valence-corrected chi connectivity index (χ1v) is 17.8. The minimum atomic E-state index is -1.01. The summed E-state index contributed by atoms with van der Waals surface area (Å²) < 4.78 is 0. The van der Waals surface area contributed by atoms with Crippen LogP contribution in [0.5, 0.6) is 0 Å². The Kier molecular flexibility index (Phi) is 53.3. The number of aliphatic imine (C=N–C) groups is 4. The lowest BCUT2D eigenvalue weighted by atomic mass is 10.1. The number of aldehydes is 4. The Labute approximate surface area is 360 Å². The second-order valence-electron chi connectivity index (χ2n) is 10.7. The summed E-state index contributed by atoms with van der Waals surface area (Å²) in [7, 11) is 0. The highest BCUT2D eigenvalue weighted by atomic mass is 16.4. The molecule has 20 heteroatoms. The second-order valence-corrected chi connectivity index (χ2v) is 10.7. The number of benzene rings is 2. The standard InChI is InChI=1S/C12H12N2O4.C9H14N2O4.C8H6O2.C5H8O2.2C3H6O2.2CH4/c15-11(16)7-13-5-9-3-1-2-4-10(9)6-14-8-12(17)18;12-8(13)6-10-4-2-1-3-5-11-7-9(14)15;9-5-7-3-1-2-4-8(7)6-10;6-4-2-1-3-5-7;2*1-2-3(4)5;;/h1-6H,7-8H2,(H,15,16)(H,17,18);4-5H,1-3,6-7H2,(H,12,13)(H,14,15);1-6H;4-5H,1-3H2;2*2H2,1H3,(H,4,5);2*1H4. The van der Waals surface area contributed by atoms with Gasteiger partial charge in [-0.2, -0.15) is 0 Å². The van der Waals surface area contributed by atoms with Crippen molar-refractivity contribution < 1.29 is 78.6 Å². The Balaban J connectivity index is -0.000000161. The van der Waals surface area contributed by atoms with Crippen molar-refractivity contribution in [2.45, 2.75) is 80.1 Å². The van der Waals surface area contributed by atoms with E-state index in [-0.39, 0.29) is 53.9 Å². The van der Waals surface area contributed by atoms with Crippen LogP contribution in [0.4, 0.5) is 0 Å². The lowest BCUT2D eigenvalue weighted by Crippen LogP contribution is -2.01. The zero-order valence-electron chi connectivity index (χ0n) is 33.3. The Morgan fingerprint density at radius 2 is 0.694 bits per heavy atom. The molecule has 0 bridgehead atoms. The lowest BCUT2D eigenvalue weighted by Gasteiger charge is -1.98. The van der Waals surface area contributed by atoms with E-state index in [9.17, 15) is 47.9 Å². The van der Waals surface area contributed by atoms with E-state index in [1.807, 2.05) is 0 Å². The van der Waals surface area contributed by atoms with Crippen LogP contribution in [0.15, 0.2) is 68.5 Å². The quantitative estimate of drug-likeness (QED) is 0.0499. The molecule has 62 heavy (non-hydrogen) atoms. The maximum Gasteiger partial charge on any atom is 0.325 e. The normalized spacial score (nSPS) is 9.45. The predicted octanol–water partition coefficient (Wildman–Crippen LogP) is 5.26. The van der Waals surface area contributed by atoms with Gasteiger partial charge in [-0.25, -0.2) is 0 Å². The molecule has 344 valence electrons. The molecule has 0 saturated carbocycles. The molecule has 0 aromatic heterocycles. The minimum Gasteiger partial charge on any atom is -0.481 e. The smallest absolute Gasteiger partial charge is 0.325 e. The van der Waals surface area contributed by atoms with Crippen molar-refractivity contribution in [3.8, 4) is 0 Å². The molecule has 20 nitrogen and oxygen atoms in total. The van der Waals surface area contributed by atoms with Gasteiger partial charge in [0, 0.05) is 60.4 Å². The molecule has 0 aliphatic rings. The van der Waals surface area contributed by atoms with Gasteiger partial charge in [0.15, 0.2) is 12.6 Å². The molecule has 2 aromatic carbocycles. The zero-order chi connectivity index (χ0) is 46.4. The van der Waals surface area contributed by atoms with E-state index in [2.05, 4.69) is 20.0 Å². The molecule has 0 spiro atoms. The third kappa shape index (κ3) is 54.7. The molecule has 0 amide bonds. The molecule has 0 radical (unpaired) electrons. The number of hydrogen-bond acceptors (Lipinski definition) is 14. The maximum absolute atomic E-state index is 10.3. The molecule has 2 rings (SSSR count). The van der Waals surface area contributed by atoms with E-state index in [4.69, 9.17) is 30.6 Å². The third-order valence-electron chi connectivity index (χ3n) is 5.79. The summed E-state index contributed by atoms with van der Waals surface area (Å²) in [5, 5.41) is 48.9. The van der Waals surface area contributed by atoms with Crippen molar-refractivity contribution in [2.24, 2.45) is 20.0 Å².